The lowest BCUT2D eigenvalue weighted by atomic mass is 9.98. The Hall–Kier alpha value is -0.560. The Kier molecular flexibility index (Phi) is 2.50. The molecule has 1 rings (SSSR count). The lowest BCUT2D eigenvalue weighted by molar-refractivity contribution is 0.221. The molecule has 1 aliphatic rings. The molecule has 11 heavy (non-hydrogen) atoms. The number of hydrogen-bond donors (Lipinski definition) is 0. The Morgan fingerprint density at radius 2 is 2.27 bits per heavy atom. The number of hydrogen-bond acceptors (Lipinski definition) is 1. The van der Waals surface area contributed by atoms with Crippen molar-refractivity contribution in [2.75, 3.05) is 13.7 Å². The highest BCUT2D eigenvalue weighted by atomic mass is 16.5. The van der Waals surface area contributed by atoms with Crippen LogP contribution in [-0.4, -0.2) is 13.7 Å². The Morgan fingerprint density at radius 1 is 1.64 bits per heavy atom. The van der Waals surface area contributed by atoms with Crippen molar-refractivity contribution in [2.45, 2.75) is 19.3 Å². The van der Waals surface area contributed by atoms with Gasteiger partial charge in [-0.05, 0) is 24.7 Å². The summed E-state index contributed by atoms with van der Waals surface area (Å²) in [6.07, 6.45) is 5.68. The summed E-state index contributed by atoms with van der Waals surface area (Å²) in [7, 11) is 1.71. The number of ether oxygens (including phenoxy) is 1. The number of rotatable bonds is 5. The van der Waals surface area contributed by atoms with Crippen molar-refractivity contribution in [2.24, 2.45) is 5.41 Å². The van der Waals surface area contributed by atoms with Gasteiger partial charge in [-0.3, -0.25) is 0 Å². The van der Waals surface area contributed by atoms with Crippen molar-refractivity contribution in [3.8, 4) is 0 Å². The molecule has 1 aliphatic carbocycles. The van der Waals surface area contributed by atoms with E-state index < -0.39 is 0 Å². The van der Waals surface area contributed by atoms with Gasteiger partial charge in [0.05, 0.1) is 6.61 Å². The van der Waals surface area contributed by atoms with Crippen molar-refractivity contribution < 1.29 is 4.74 Å². The van der Waals surface area contributed by atoms with Gasteiger partial charge in [0.25, 0.3) is 0 Å². The van der Waals surface area contributed by atoms with E-state index in [1.165, 1.54) is 18.4 Å². The standard InChI is InChI=1S/C10H16O/c1-4-10(5-6-10)7-9(2)8-11-3/h4H,1-2,5-8H2,3H3. The van der Waals surface area contributed by atoms with E-state index in [0.29, 0.717) is 12.0 Å². The third-order valence-electron chi connectivity index (χ3n) is 2.28. The molecule has 62 valence electrons. The van der Waals surface area contributed by atoms with Crippen LogP contribution in [-0.2, 0) is 4.74 Å². The second-order valence-corrected chi connectivity index (χ2v) is 3.43. The van der Waals surface area contributed by atoms with Gasteiger partial charge < -0.3 is 4.74 Å². The Morgan fingerprint density at radius 3 is 2.64 bits per heavy atom. The largest absolute Gasteiger partial charge is 0.380 e. The zero-order chi connectivity index (χ0) is 8.32. The van der Waals surface area contributed by atoms with Crippen LogP contribution in [0, 0.1) is 5.41 Å². The van der Waals surface area contributed by atoms with E-state index in [1.54, 1.807) is 7.11 Å². The highest BCUT2D eigenvalue weighted by molar-refractivity contribution is 5.13. The fourth-order valence-corrected chi connectivity index (χ4v) is 1.37. The molecule has 1 saturated carbocycles. The van der Waals surface area contributed by atoms with E-state index in [1.807, 2.05) is 0 Å². The summed E-state index contributed by atoms with van der Waals surface area (Å²) in [5, 5.41) is 0. The average Bonchev–Trinajstić information content (AvgIpc) is 2.70. The third kappa shape index (κ3) is 2.19. The molecule has 0 aromatic rings. The minimum atomic E-state index is 0.398. The summed E-state index contributed by atoms with van der Waals surface area (Å²) in [6.45, 7) is 8.46. The molecule has 0 heterocycles. The monoisotopic (exact) mass is 152 g/mol. The van der Waals surface area contributed by atoms with Crippen LogP contribution < -0.4 is 0 Å². The van der Waals surface area contributed by atoms with E-state index in [-0.39, 0.29) is 0 Å². The Labute approximate surface area is 68.8 Å². The second-order valence-electron chi connectivity index (χ2n) is 3.43. The predicted molar refractivity (Wildman–Crippen MR) is 47.5 cm³/mol. The summed E-state index contributed by atoms with van der Waals surface area (Å²) < 4.78 is 4.99. The fourth-order valence-electron chi connectivity index (χ4n) is 1.37. The smallest absolute Gasteiger partial charge is 0.0670 e. The first-order chi connectivity index (χ1) is 5.22. The second kappa shape index (κ2) is 3.22. The van der Waals surface area contributed by atoms with Crippen molar-refractivity contribution in [1.82, 2.24) is 0 Å². The molecule has 0 saturated heterocycles. The molecule has 0 aromatic heterocycles. The molecular formula is C10H16O. The molecule has 1 heteroatoms. The van der Waals surface area contributed by atoms with Crippen molar-refractivity contribution >= 4 is 0 Å². The van der Waals surface area contributed by atoms with Crippen LogP contribution in [0.15, 0.2) is 24.8 Å². The topological polar surface area (TPSA) is 9.23 Å². The maximum Gasteiger partial charge on any atom is 0.0670 e. The van der Waals surface area contributed by atoms with Gasteiger partial charge >= 0.3 is 0 Å². The zero-order valence-electron chi connectivity index (χ0n) is 7.23. The number of methoxy groups -OCH3 is 1. The Bertz CT molecular complexity index is 166. The first kappa shape index (κ1) is 8.54. The molecule has 0 unspecified atom stereocenters. The summed E-state index contributed by atoms with van der Waals surface area (Å²) in [5.74, 6) is 0. The average molecular weight is 152 g/mol. The normalized spacial score (nSPS) is 19.4. The van der Waals surface area contributed by atoms with E-state index in [0.717, 1.165) is 6.42 Å². The van der Waals surface area contributed by atoms with E-state index in [4.69, 9.17) is 4.74 Å². The van der Waals surface area contributed by atoms with Crippen LogP contribution in [0.1, 0.15) is 19.3 Å². The SMILES string of the molecule is C=CC1(CC(=C)COC)CC1. The summed E-state index contributed by atoms with van der Waals surface area (Å²) in [5.41, 5.74) is 1.58. The maximum atomic E-state index is 4.99. The summed E-state index contributed by atoms with van der Waals surface area (Å²) >= 11 is 0. The van der Waals surface area contributed by atoms with Crippen LogP contribution in [0.3, 0.4) is 0 Å². The first-order valence-electron chi connectivity index (χ1n) is 4.02. The minimum absolute atomic E-state index is 0.398. The molecule has 0 bridgehead atoms. The molecule has 0 aliphatic heterocycles. The fraction of sp³-hybridized carbons (Fsp3) is 0.600. The lowest BCUT2D eigenvalue weighted by Gasteiger charge is -2.10. The van der Waals surface area contributed by atoms with Gasteiger partial charge in [-0.25, -0.2) is 0 Å². The van der Waals surface area contributed by atoms with Gasteiger partial charge in [0.15, 0.2) is 0 Å². The van der Waals surface area contributed by atoms with Crippen LogP contribution in [0.2, 0.25) is 0 Å². The molecule has 0 amide bonds. The zero-order valence-corrected chi connectivity index (χ0v) is 7.23. The minimum Gasteiger partial charge on any atom is -0.380 e. The molecule has 1 nitrogen and oxygen atoms in total. The van der Waals surface area contributed by atoms with E-state index >= 15 is 0 Å². The van der Waals surface area contributed by atoms with Crippen LogP contribution >= 0.6 is 0 Å². The molecule has 0 spiro atoms. The molecule has 0 aromatic carbocycles. The van der Waals surface area contributed by atoms with Crippen LogP contribution in [0.4, 0.5) is 0 Å². The van der Waals surface area contributed by atoms with Gasteiger partial charge in [-0.2, -0.15) is 0 Å². The molecular weight excluding hydrogens is 136 g/mol. The van der Waals surface area contributed by atoms with Crippen molar-refractivity contribution in [3.63, 3.8) is 0 Å². The maximum absolute atomic E-state index is 4.99. The predicted octanol–water partition coefficient (Wildman–Crippen LogP) is 2.55. The third-order valence-corrected chi connectivity index (χ3v) is 2.28. The summed E-state index contributed by atoms with van der Waals surface area (Å²) in [4.78, 5) is 0. The first-order valence-corrected chi connectivity index (χ1v) is 4.02. The number of allylic oxidation sites excluding steroid dienone is 1. The summed E-state index contributed by atoms with van der Waals surface area (Å²) in [6, 6.07) is 0. The van der Waals surface area contributed by atoms with Crippen LogP contribution in [0.25, 0.3) is 0 Å². The molecule has 0 atom stereocenters. The van der Waals surface area contributed by atoms with Crippen LogP contribution in [0.5, 0.6) is 0 Å². The molecule has 0 radical (unpaired) electrons. The van der Waals surface area contributed by atoms with E-state index in [2.05, 4.69) is 19.2 Å². The molecule has 0 N–H and O–H groups in total. The quantitative estimate of drug-likeness (QED) is 0.550. The highest BCUT2D eigenvalue weighted by Gasteiger charge is 2.39. The van der Waals surface area contributed by atoms with Crippen molar-refractivity contribution in [1.29, 1.82) is 0 Å². The van der Waals surface area contributed by atoms with Gasteiger partial charge in [0, 0.05) is 7.11 Å². The lowest BCUT2D eigenvalue weighted by Crippen LogP contribution is -2.01. The highest BCUT2D eigenvalue weighted by Crippen LogP contribution is 2.51. The Balaban J connectivity index is 2.30. The van der Waals surface area contributed by atoms with Gasteiger partial charge in [0.1, 0.15) is 0 Å². The van der Waals surface area contributed by atoms with Crippen molar-refractivity contribution in [3.05, 3.63) is 24.8 Å². The molecule has 1 fully saturated rings. The van der Waals surface area contributed by atoms with Gasteiger partial charge in [-0.1, -0.05) is 18.2 Å². The van der Waals surface area contributed by atoms with E-state index in [9.17, 15) is 0 Å². The van der Waals surface area contributed by atoms with Gasteiger partial charge in [-0.15, -0.1) is 6.58 Å². The van der Waals surface area contributed by atoms with Gasteiger partial charge in [0.2, 0.25) is 0 Å².